The van der Waals surface area contributed by atoms with E-state index >= 15 is 0 Å². The van der Waals surface area contributed by atoms with E-state index in [0.717, 1.165) is 43.0 Å². The number of rotatable bonds is 6. The summed E-state index contributed by atoms with van der Waals surface area (Å²) in [6.07, 6.45) is 2.22. The third kappa shape index (κ3) is 4.67. The Kier molecular flexibility index (Phi) is 6.34. The molecule has 3 rings (SSSR count). The van der Waals surface area contributed by atoms with E-state index in [4.69, 9.17) is 4.74 Å². The minimum atomic E-state index is -0.312. The number of carbonyl (C=O) groups is 2. The number of ether oxygens (including phenoxy) is 1. The molecule has 0 N–H and O–H groups in total. The molecule has 1 aliphatic rings. The van der Waals surface area contributed by atoms with E-state index in [-0.39, 0.29) is 11.9 Å². The maximum atomic E-state index is 12.3. The first-order valence-corrected chi connectivity index (χ1v) is 9.96. The van der Waals surface area contributed by atoms with Gasteiger partial charge in [-0.1, -0.05) is 24.3 Å². The summed E-state index contributed by atoms with van der Waals surface area (Å²) in [6.45, 7) is 1.76. The van der Waals surface area contributed by atoms with Gasteiger partial charge in [-0.15, -0.1) is 0 Å². The molecule has 26 heavy (non-hydrogen) atoms. The summed E-state index contributed by atoms with van der Waals surface area (Å²) in [5.74, 6) is 1.59. The highest BCUT2D eigenvalue weighted by molar-refractivity contribution is 7.97. The number of hydrogen-bond acceptors (Lipinski definition) is 4. The van der Waals surface area contributed by atoms with Gasteiger partial charge in [-0.05, 0) is 48.2 Å². The van der Waals surface area contributed by atoms with Crippen LogP contribution < -0.4 is 0 Å². The smallest absolute Gasteiger partial charge is 0.337 e. The van der Waals surface area contributed by atoms with Gasteiger partial charge in [0.2, 0.25) is 0 Å². The Bertz CT molecular complexity index is 750. The summed E-state index contributed by atoms with van der Waals surface area (Å²) in [7, 11) is 1.38. The van der Waals surface area contributed by atoms with Gasteiger partial charge in [0, 0.05) is 30.2 Å². The molecule has 2 aromatic rings. The second-order valence-electron chi connectivity index (χ2n) is 6.38. The number of carbonyl (C=O) groups excluding carboxylic acids is 2. The molecular weight excluding hydrogens is 346 g/mol. The van der Waals surface area contributed by atoms with Crippen LogP contribution in [0.15, 0.2) is 48.5 Å². The summed E-state index contributed by atoms with van der Waals surface area (Å²) < 4.78 is 4.70. The van der Waals surface area contributed by atoms with Crippen LogP contribution in [-0.4, -0.2) is 37.0 Å². The molecule has 5 heteroatoms. The van der Waals surface area contributed by atoms with E-state index in [1.54, 1.807) is 12.1 Å². The molecule has 1 aliphatic heterocycles. The van der Waals surface area contributed by atoms with Crippen LogP contribution in [-0.2, 0) is 16.2 Å². The zero-order valence-corrected chi connectivity index (χ0v) is 15.8. The average Bonchev–Trinajstić information content (AvgIpc) is 3.23. The second-order valence-corrected chi connectivity index (χ2v) is 7.36. The van der Waals surface area contributed by atoms with Crippen molar-refractivity contribution in [1.29, 1.82) is 0 Å². The lowest BCUT2D eigenvalue weighted by Gasteiger charge is -2.15. The molecule has 1 amide bonds. The van der Waals surface area contributed by atoms with Gasteiger partial charge < -0.3 is 9.64 Å². The van der Waals surface area contributed by atoms with Crippen LogP contribution in [0.3, 0.4) is 0 Å². The van der Waals surface area contributed by atoms with Crippen LogP contribution in [0, 0.1) is 0 Å². The van der Waals surface area contributed by atoms with Crippen molar-refractivity contribution in [2.24, 2.45) is 0 Å². The Morgan fingerprint density at radius 2 is 1.38 bits per heavy atom. The molecule has 2 aromatic carbocycles. The first-order chi connectivity index (χ1) is 12.7. The van der Waals surface area contributed by atoms with E-state index in [0.29, 0.717) is 5.56 Å². The predicted molar refractivity (Wildman–Crippen MR) is 104 cm³/mol. The van der Waals surface area contributed by atoms with Crippen molar-refractivity contribution in [2.45, 2.75) is 24.3 Å². The quantitative estimate of drug-likeness (QED) is 0.718. The lowest BCUT2D eigenvalue weighted by molar-refractivity contribution is 0.0600. The maximum absolute atomic E-state index is 12.3. The van der Waals surface area contributed by atoms with E-state index in [1.165, 1.54) is 18.2 Å². The first-order valence-electron chi connectivity index (χ1n) is 8.80. The normalized spacial score (nSPS) is 13.7. The molecule has 0 saturated carbocycles. The van der Waals surface area contributed by atoms with Crippen LogP contribution in [0.25, 0.3) is 0 Å². The van der Waals surface area contributed by atoms with Crippen molar-refractivity contribution >= 4 is 23.6 Å². The lowest BCUT2D eigenvalue weighted by atomic mass is 10.1. The van der Waals surface area contributed by atoms with Gasteiger partial charge in [0.1, 0.15) is 0 Å². The minimum absolute atomic E-state index is 0.146. The van der Waals surface area contributed by atoms with Crippen LogP contribution in [0.2, 0.25) is 0 Å². The molecule has 1 fully saturated rings. The molecule has 0 aromatic heterocycles. The van der Waals surface area contributed by atoms with Gasteiger partial charge in [-0.3, -0.25) is 4.79 Å². The molecule has 1 heterocycles. The fraction of sp³-hybridized carbons (Fsp3) is 0.333. The Hall–Kier alpha value is -2.27. The van der Waals surface area contributed by atoms with Crippen molar-refractivity contribution < 1.29 is 14.3 Å². The molecule has 0 aliphatic carbocycles. The predicted octanol–water partition coefficient (Wildman–Crippen LogP) is 4.14. The number of nitrogens with zero attached hydrogens (tertiary/aromatic N) is 1. The number of amides is 1. The second kappa shape index (κ2) is 8.90. The van der Waals surface area contributed by atoms with Gasteiger partial charge >= 0.3 is 5.97 Å². The van der Waals surface area contributed by atoms with Crippen LogP contribution in [0.1, 0.15) is 44.7 Å². The summed E-state index contributed by atoms with van der Waals surface area (Å²) >= 11 is 1.81. The summed E-state index contributed by atoms with van der Waals surface area (Å²) in [6, 6.07) is 15.4. The fourth-order valence-electron chi connectivity index (χ4n) is 2.99. The zero-order valence-electron chi connectivity index (χ0n) is 14.9. The van der Waals surface area contributed by atoms with Gasteiger partial charge in [0.25, 0.3) is 5.91 Å². The van der Waals surface area contributed by atoms with Gasteiger partial charge in [-0.25, -0.2) is 4.79 Å². The van der Waals surface area contributed by atoms with Crippen molar-refractivity contribution in [3.05, 3.63) is 70.8 Å². The summed E-state index contributed by atoms with van der Waals surface area (Å²) in [5, 5.41) is 0. The van der Waals surface area contributed by atoms with Crippen molar-refractivity contribution in [2.75, 3.05) is 20.2 Å². The van der Waals surface area contributed by atoms with E-state index in [9.17, 15) is 9.59 Å². The van der Waals surface area contributed by atoms with Gasteiger partial charge in [-0.2, -0.15) is 11.8 Å². The van der Waals surface area contributed by atoms with Crippen molar-refractivity contribution in [3.8, 4) is 0 Å². The standard InChI is InChI=1S/C21H23NO3S/c1-25-21(24)19-10-6-17(7-11-19)15-26-14-16-4-8-18(9-5-16)20(23)22-12-2-3-13-22/h4-11H,2-3,12-15H2,1H3. The fourth-order valence-corrected chi connectivity index (χ4v) is 3.95. The zero-order chi connectivity index (χ0) is 18.4. The summed E-state index contributed by atoms with van der Waals surface area (Å²) in [4.78, 5) is 25.7. The highest BCUT2D eigenvalue weighted by atomic mass is 32.2. The van der Waals surface area contributed by atoms with E-state index in [2.05, 4.69) is 0 Å². The Morgan fingerprint density at radius 3 is 1.88 bits per heavy atom. The van der Waals surface area contributed by atoms with Crippen LogP contribution in [0.4, 0.5) is 0 Å². The molecule has 1 saturated heterocycles. The first kappa shape index (κ1) is 18.5. The SMILES string of the molecule is COC(=O)c1ccc(CSCc2ccc(C(=O)N3CCCC3)cc2)cc1. The van der Waals surface area contributed by atoms with Crippen molar-refractivity contribution in [3.63, 3.8) is 0 Å². The third-order valence-corrected chi connectivity index (χ3v) is 5.58. The third-order valence-electron chi connectivity index (χ3n) is 4.51. The molecule has 0 bridgehead atoms. The van der Waals surface area contributed by atoms with Gasteiger partial charge in [0.15, 0.2) is 0 Å². The van der Waals surface area contributed by atoms with Crippen LogP contribution in [0.5, 0.6) is 0 Å². The molecule has 0 unspecified atom stereocenters. The molecule has 0 radical (unpaired) electrons. The van der Waals surface area contributed by atoms with Crippen molar-refractivity contribution in [1.82, 2.24) is 4.90 Å². The highest BCUT2D eigenvalue weighted by Gasteiger charge is 2.19. The number of likely N-dealkylation sites (tertiary alicyclic amines) is 1. The number of hydrogen-bond donors (Lipinski definition) is 0. The number of methoxy groups -OCH3 is 1. The topological polar surface area (TPSA) is 46.6 Å². The molecule has 0 atom stereocenters. The van der Waals surface area contributed by atoms with Crippen LogP contribution >= 0.6 is 11.8 Å². The van der Waals surface area contributed by atoms with Gasteiger partial charge in [0.05, 0.1) is 12.7 Å². The molecule has 4 nitrogen and oxygen atoms in total. The number of thioether (sulfide) groups is 1. The minimum Gasteiger partial charge on any atom is -0.465 e. The maximum Gasteiger partial charge on any atom is 0.337 e. The van der Waals surface area contributed by atoms with E-state index < -0.39 is 0 Å². The number of esters is 1. The average molecular weight is 369 g/mol. The Morgan fingerprint density at radius 1 is 0.885 bits per heavy atom. The molecule has 0 spiro atoms. The highest BCUT2D eigenvalue weighted by Crippen LogP contribution is 2.20. The van der Waals surface area contributed by atoms with E-state index in [1.807, 2.05) is 53.1 Å². The Labute approximate surface area is 158 Å². The Balaban J connectivity index is 1.49. The molecule has 136 valence electrons. The number of benzene rings is 2. The lowest BCUT2D eigenvalue weighted by Crippen LogP contribution is -2.27. The summed E-state index contributed by atoms with van der Waals surface area (Å²) in [5.41, 5.74) is 3.72. The molecular formula is C21H23NO3S. The largest absolute Gasteiger partial charge is 0.465 e. The monoisotopic (exact) mass is 369 g/mol.